The molecule has 47 heavy (non-hydrogen) atoms. The average Bonchev–Trinajstić information content (AvgIpc) is 3.02. The summed E-state index contributed by atoms with van der Waals surface area (Å²) in [5, 5.41) is 0. The van der Waals surface area contributed by atoms with Crippen molar-refractivity contribution in [1.82, 2.24) is 29.2 Å². The maximum absolute atomic E-state index is 14.4. The Morgan fingerprint density at radius 1 is 1.11 bits per heavy atom. The lowest BCUT2D eigenvalue weighted by molar-refractivity contribution is -0.0299. The minimum atomic E-state index is -3.49. The Labute approximate surface area is 276 Å². The summed E-state index contributed by atoms with van der Waals surface area (Å²) >= 11 is 0. The molecule has 2 aromatic rings. The maximum atomic E-state index is 14.4. The first kappa shape index (κ1) is 33.9. The van der Waals surface area contributed by atoms with Gasteiger partial charge in [-0.05, 0) is 70.8 Å². The van der Waals surface area contributed by atoms with Crippen LogP contribution >= 0.6 is 0 Å². The molecule has 258 valence electrons. The van der Waals surface area contributed by atoms with Gasteiger partial charge in [0.25, 0.3) is 16.1 Å². The fourth-order valence-electron chi connectivity index (χ4n) is 7.26. The molecule has 0 radical (unpaired) electrons. The Kier molecular flexibility index (Phi) is 10.3. The number of hydrogen-bond acceptors (Lipinski definition) is 10. The van der Waals surface area contributed by atoms with E-state index in [-0.39, 0.29) is 46.9 Å². The molecule has 4 atom stereocenters. The molecule has 4 fully saturated rings. The van der Waals surface area contributed by atoms with Gasteiger partial charge in [-0.15, -0.1) is 0 Å². The van der Waals surface area contributed by atoms with Crippen LogP contribution in [0.25, 0.3) is 0 Å². The SMILES string of the molecule is CCNS(=O)(=O)N[C@@H]1CC[C@@H](CN2CCC3(CC2)CN(c2ncncc2Oc2ccc(F)cc2C(=O)N2[C@H](C)COC[C@H]2C)C3)OC1. The van der Waals surface area contributed by atoms with E-state index < -0.39 is 16.0 Å². The van der Waals surface area contributed by atoms with Crippen LogP contribution in [-0.4, -0.2) is 117 Å². The lowest BCUT2D eigenvalue weighted by atomic mass is 9.72. The second kappa shape index (κ2) is 14.3. The molecule has 1 amide bonds. The highest BCUT2D eigenvalue weighted by molar-refractivity contribution is 7.87. The van der Waals surface area contributed by atoms with Crippen LogP contribution in [0, 0.1) is 11.2 Å². The highest BCUT2D eigenvalue weighted by atomic mass is 32.2. The Morgan fingerprint density at radius 2 is 1.85 bits per heavy atom. The number of nitrogens with one attached hydrogen (secondary N) is 2. The molecule has 5 heterocycles. The van der Waals surface area contributed by atoms with Gasteiger partial charge in [0.2, 0.25) is 0 Å². The topological polar surface area (TPSA) is 138 Å². The minimum absolute atomic E-state index is 0.0976. The summed E-state index contributed by atoms with van der Waals surface area (Å²) in [4.78, 5) is 28.7. The molecule has 4 saturated heterocycles. The number of hydrogen-bond donors (Lipinski definition) is 2. The predicted molar refractivity (Wildman–Crippen MR) is 173 cm³/mol. The number of amides is 1. The van der Waals surface area contributed by atoms with E-state index >= 15 is 0 Å². The van der Waals surface area contributed by atoms with Crippen LogP contribution < -0.4 is 19.1 Å². The molecule has 0 saturated carbocycles. The average molecular weight is 676 g/mol. The smallest absolute Gasteiger partial charge is 0.277 e. The van der Waals surface area contributed by atoms with Gasteiger partial charge in [-0.25, -0.2) is 19.1 Å². The Hall–Kier alpha value is -2.95. The number of rotatable bonds is 10. The third kappa shape index (κ3) is 7.86. The first-order chi connectivity index (χ1) is 22.5. The van der Waals surface area contributed by atoms with Crippen LogP contribution in [0.2, 0.25) is 0 Å². The second-order valence-corrected chi connectivity index (χ2v) is 14.9. The second-order valence-electron chi connectivity index (χ2n) is 13.4. The number of likely N-dealkylation sites (tertiary alicyclic amines) is 1. The standard InChI is InChI=1S/C32H46FN7O6S/c1-4-36-47(42,43)37-25-6-7-26(45-18-25)15-38-11-9-32(10-12-38)19-39(20-32)30-29(14-34-21-35-30)46-28-8-5-24(33)13-27(28)31(41)40-22(2)16-44-17-23(40)3/h5,8,13-14,21-23,25-26,36-37H,4,6-7,9-12,15-20H2,1-3H3/t22-,23-,25-,26+/m1/s1. The molecule has 2 N–H and O–H groups in total. The molecule has 1 aromatic carbocycles. The Morgan fingerprint density at radius 3 is 2.53 bits per heavy atom. The van der Waals surface area contributed by atoms with Gasteiger partial charge in [0, 0.05) is 37.6 Å². The van der Waals surface area contributed by atoms with E-state index in [1.54, 1.807) is 18.0 Å². The summed E-state index contributed by atoms with van der Waals surface area (Å²) in [6, 6.07) is 3.49. The van der Waals surface area contributed by atoms with Crippen molar-refractivity contribution in [2.45, 2.75) is 70.7 Å². The highest BCUT2D eigenvalue weighted by Gasteiger charge is 2.46. The van der Waals surface area contributed by atoms with Gasteiger partial charge in [0.1, 0.15) is 17.9 Å². The van der Waals surface area contributed by atoms with E-state index in [1.807, 2.05) is 13.8 Å². The van der Waals surface area contributed by atoms with Crippen LogP contribution in [-0.2, 0) is 19.7 Å². The predicted octanol–water partition coefficient (Wildman–Crippen LogP) is 2.55. The summed E-state index contributed by atoms with van der Waals surface area (Å²) < 4.78 is 61.4. The monoisotopic (exact) mass is 675 g/mol. The van der Waals surface area contributed by atoms with Crippen molar-refractivity contribution in [2.75, 3.05) is 64.0 Å². The number of carbonyl (C=O) groups excluding carboxylic acids is 1. The van der Waals surface area contributed by atoms with E-state index in [0.29, 0.717) is 37.9 Å². The number of halogens is 1. The number of ether oxygens (including phenoxy) is 3. The molecule has 13 nitrogen and oxygen atoms in total. The normalized spacial score (nSPS) is 26.6. The molecule has 0 bridgehead atoms. The molecule has 0 unspecified atom stereocenters. The van der Waals surface area contributed by atoms with E-state index in [4.69, 9.17) is 14.2 Å². The van der Waals surface area contributed by atoms with E-state index in [9.17, 15) is 17.6 Å². The number of benzene rings is 1. The number of piperidine rings is 1. The number of morpholine rings is 1. The molecule has 1 aromatic heterocycles. The van der Waals surface area contributed by atoms with Crippen LogP contribution in [0.1, 0.15) is 56.8 Å². The van der Waals surface area contributed by atoms with Crippen LogP contribution in [0.3, 0.4) is 0 Å². The lowest BCUT2D eigenvalue weighted by Gasteiger charge is -2.54. The van der Waals surface area contributed by atoms with Gasteiger partial charge in [0.15, 0.2) is 11.6 Å². The Balaban J connectivity index is 1.03. The summed E-state index contributed by atoms with van der Waals surface area (Å²) in [6.07, 6.45) is 6.85. The molecule has 15 heteroatoms. The zero-order valence-electron chi connectivity index (χ0n) is 27.4. The first-order valence-corrected chi connectivity index (χ1v) is 18.1. The number of carbonyl (C=O) groups is 1. The van der Waals surface area contributed by atoms with Gasteiger partial charge >= 0.3 is 0 Å². The van der Waals surface area contributed by atoms with Crippen molar-refractivity contribution in [1.29, 1.82) is 0 Å². The highest BCUT2D eigenvalue weighted by Crippen LogP contribution is 2.45. The van der Waals surface area contributed by atoms with Gasteiger partial charge < -0.3 is 28.9 Å². The Bertz CT molecular complexity index is 1500. The van der Waals surface area contributed by atoms with E-state index in [1.165, 1.54) is 24.5 Å². The van der Waals surface area contributed by atoms with Gasteiger partial charge in [-0.3, -0.25) is 4.79 Å². The fourth-order valence-corrected chi connectivity index (χ4v) is 8.35. The van der Waals surface area contributed by atoms with Crippen molar-refractivity contribution in [3.63, 3.8) is 0 Å². The third-order valence-electron chi connectivity index (χ3n) is 9.71. The zero-order chi connectivity index (χ0) is 33.2. The molecule has 6 rings (SSSR count). The van der Waals surface area contributed by atoms with Gasteiger partial charge in [-0.2, -0.15) is 13.1 Å². The maximum Gasteiger partial charge on any atom is 0.277 e. The molecule has 4 aliphatic heterocycles. The summed E-state index contributed by atoms with van der Waals surface area (Å²) in [5.41, 5.74) is 0.335. The third-order valence-corrected chi connectivity index (χ3v) is 11.0. The fraction of sp³-hybridized carbons (Fsp3) is 0.656. The number of aromatic nitrogens is 2. The van der Waals surface area contributed by atoms with Crippen molar-refractivity contribution < 1.29 is 31.8 Å². The molecular weight excluding hydrogens is 629 g/mol. The van der Waals surface area contributed by atoms with Crippen molar-refractivity contribution in [3.8, 4) is 11.5 Å². The first-order valence-electron chi connectivity index (χ1n) is 16.6. The van der Waals surface area contributed by atoms with Gasteiger partial charge in [0.05, 0.1) is 49.8 Å². The van der Waals surface area contributed by atoms with E-state index in [0.717, 1.165) is 58.4 Å². The molecule has 0 aliphatic carbocycles. The zero-order valence-corrected chi connectivity index (χ0v) is 28.2. The molecule has 1 spiro atoms. The summed E-state index contributed by atoms with van der Waals surface area (Å²) in [5.74, 6) is 0.515. The minimum Gasteiger partial charge on any atom is -0.451 e. The quantitative estimate of drug-likeness (QED) is 0.387. The molecule has 4 aliphatic rings. The largest absolute Gasteiger partial charge is 0.451 e. The summed E-state index contributed by atoms with van der Waals surface area (Å²) in [7, 11) is -3.49. The van der Waals surface area contributed by atoms with Crippen molar-refractivity contribution in [2.24, 2.45) is 5.41 Å². The van der Waals surface area contributed by atoms with Crippen LogP contribution in [0.15, 0.2) is 30.7 Å². The van der Waals surface area contributed by atoms with Crippen molar-refractivity contribution >= 4 is 21.9 Å². The number of anilines is 1. The molecular formula is C32H46FN7O6S. The summed E-state index contributed by atoms with van der Waals surface area (Å²) in [6.45, 7) is 11.6. The van der Waals surface area contributed by atoms with Crippen molar-refractivity contribution in [3.05, 3.63) is 42.1 Å². The van der Waals surface area contributed by atoms with E-state index in [2.05, 4.69) is 29.2 Å². The van der Waals surface area contributed by atoms with Gasteiger partial charge in [-0.1, -0.05) is 6.92 Å². The van der Waals surface area contributed by atoms with Crippen LogP contribution in [0.4, 0.5) is 10.2 Å². The lowest BCUT2D eigenvalue weighted by Crippen LogP contribution is -2.61. The van der Waals surface area contributed by atoms with Crippen LogP contribution in [0.5, 0.6) is 11.5 Å². The number of nitrogens with zero attached hydrogens (tertiary/aromatic N) is 5.